The first kappa shape index (κ1) is 29.7. The number of anilines is 1. The van der Waals surface area contributed by atoms with Crippen molar-refractivity contribution in [1.29, 1.82) is 0 Å². The third kappa shape index (κ3) is 6.42. The van der Waals surface area contributed by atoms with Gasteiger partial charge in [-0.3, -0.25) is 0 Å². The Balaban J connectivity index is 1.13. The molecule has 3 aromatic carbocycles. The van der Waals surface area contributed by atoms with Gasteiger partial charge in [-0.2, -0.15) is 4.99 Å². The van der Waals surface area contributed by atoms with E-state index in [9.17, 15) is 22.4 Å². The van der Waals surface area contributed by atoms with Gasteiger partial charge >= 0.3 is 12.4 Å². The van der Waals surface area contributed by atoms with E-state index in [1.165, 1.54) is 59.2 Å². The molecule has 2 amide bonds. The molecule has 4 aromatic rings. The van der Waals surface area contributed by atoms with Crippen molar-refractivity contribution in [3.63, 3.8) is 0 Å². The van der Waals surface area contributed by atoms with Crippen LogP contribution in [0.1, 0.15) is 43.7 Å². The number of benzene rings is 3. The van der Waals surface area contributed by atoms with Gasteiger partial charge in [-0.05, 0) is 72.4 Å². The second-order valence-corrected chi connectivity index (χ2v) is 12.0. The highest BCUT2D eigenvalue weighted by Crippen LogP contribution is 2.46. The second kappa shape index (κ2) is 11.6. The van der Waals surface area contributed by atoms with Crippen molar-refractivity contribution in [2.75, 3.05) is 17.2 Å². The van der Waals surface area contributed by atoms with E-state index in [4.69, 9.17) is 0 Å². The topological polar surface area (TPSA) is 84.6 Å². The fourth-order valence-corrected chi connectivity index (χ4v) is 6.09. The fourth-order valence-electron chi connectivity index (χ4n) is 5.14. The smallest absolute Gasteiger partial charge is 0.406 e. The molecule has 0 unspecified atom stereocenters. The molecule has 1 aromatic heterocycles. The monoisotopic (exact) mass is 624 g/mol. The number of nitrogens with zero attached hydrogens (tertiary/aromatic N) is 5. The number of rotatable bonds is 7. The van der Waals surface area contributed by atoms with E-state index in [1.54, 1.807) is 6.07 Å². The van der Waals surface area contributed by atoms with Crippen molar-refractivity contribution in [2.45, 2.75) is 44.5 Å². The van der Waals surface area contributed by atoms with E-state index in [0.29, 0.717) is 23.2 Å². The zero-order valence-corrected chi connectivity index (χ0v) is 24.6. The van der Waals surface area contributed by atoms with Gasteiger partial charge in [0.05, 0.1) is 11.2 Å². The molecule has 2 aliphatic rings. The number of thioether (sulfide) groups is 1. The predicted molar refractivity (Wildman–Crippen MR) is 161 cm³/mol. The quantitative estimate of drug-likeness (QED) is 0.216. The zero-order chi connectivity index (χ0) is 31.1. The summed E-state index contributed by atoms with van der Waals surface area (Å²) in [6.07, 6.45) is -1.74. The molecule has 0 atom stereocenters. The maximum absolute atomic E-state index is 13.9. The molecule has 13 heteroatoms. The number of halogens is 4. The Morgan fingerprint density at radius 2 is 1.80 bits per heavy atom. The molecule has 8 nitrogen and oxygen atoms in total. The van der Waals surface area contributed by atoms with E-state index in [2.05, 4.69) is 25.1 Å². The SMILES string of the molecule is CC(C)c1cc(F)ccc1N1CCS/C1=N\C(=O)NC1(c2ccc(-c3ncn(-c4ccc(OC(F)(F)F)cc4)n3)cc2)CC1. The number of hydrogen-bond donors (Lipinski definition) is 1. The highest BCUT2D eigenvalue weighted by Gasteiger charge is 2.46. The summed E-state index contributed by atoms with van der Waals surface area (Å²) >= 11 is 1.50. The number of alkyl halides is 3. The summed E-state index contributed by atoms with van der Waals surface area (Å²) in [6.45, 7) is 4.69. The Kier molecular flexibility index (Phi) is 7.82. The number of aromatic nitrogens is 3. The fraction of sp³-hybridized carbons (Fsp3) is 0.290. The van der Waals surface area contributed by atoms with Crippen molar-refractivity contribution >= 4 is 28.6 Å². The lowest BCUT2D eigenvalue weighted by Gasteiger charge is -2.23. The number of carbonyl (C=O) groups is 1. The normalized spacial score (nSPS) is 16.9. The number of amidine groups is 1. The Bertz CT molecular complexity index is 1700. The van der Waals surface area contributed by atoms with Crippen LogP contribution in [0.4, 0.5) is 28.0 Å². The molecule has 1 aliphatic heterocycles. The third-order valence-electron chi connectivity index (χ3n) is 7.50. The number of urea groups is 1. The Labute approximate surface area is 255 Å². The molecule has 1 aliphatic carbocycles. The summed E-state index contributed by atoms with van der Waals surface area (Å²) in [5.41, 5.74) is 3.41. The van der Waals surface area contributed by atoms with Crippen LogP contribution in [-0.2, 0) is 5.54 Å². The van der Waals surface area contributed by atoms with Crippen molar-refractivity contribution in [2.24, 2.45) is 4.99 Å². The van der Waals surface area contributed by atoms with Crippen LogP contribution < -0.4 is 15.0 Å². The Morgan fingerprint density at radius 3 is 2.45 bits per heavy atom. The van der Waals surface area contributed by atoms with Crippen molar-refractivity contribution in [3.05, 3.63) is 90.0 Å². The summed E-state index contributed by atoms with van der Waals surface area (Å²) in [7, 11) is 0. The number of amides is 2. The minimum Gasteiger partial charge on any atom is -0.406 e. The van der Waals surface area contributed by atoms with Crippen molar-refractivity contribution in [1.82, 2.24) is 20.1 Å². The lowest BCUT2D eigenvalue weighted by Crippen LogP contribution is -2.34. The number of nitrogens with one attached hydrogen (secondary N) is 1. The lowest BCUT2D eigenvalue weighted by molar-refractivity contribution is -0.274. The molecule has 0 radical (unpaired) electrons. The van der Waals surface area contributed by atoms with Crippen LogP contribution in [-0.4, -0.2) is 44.6 Å². The van der Waals surface area contributed by atoms with Gasteiger partial charge in [-0.1, -0.05) is 49.9 Å². The molecule has 2 fully saturated rings. The van der Waals surface area contributed by atoms with Crippen LogP contribution in [0.15, 0.2) is 78.0 Å². The average molecular weight is 625 g/mol. The Hall–Kier alpha value is -4.39. The van der Waals surface area contributed by atoms with Gasteiger partial charge in [0.15, 0.2) is 11.0 Å². The van der Waals surface area contributed by atoms with Gasteiger partial charge in [0.1, 0.15) is 17.9 Å². The largest absolute Gasteiger partial charge is 0.573 e. The summed E-state index contributed by atoms with van der Waals surface area (Å²) < 4.78 is 56.6. The maximum atomic E-state index is 13.9. The first-order valence-electron chi connectivity index (χ1n) is 14.0. The molecule has 1 saturated heterocycles. The maximum Gasteiger partial charge on any atom is 0.573 e. The molecular formula is C31H28F4N6O2S. The van der Waals surface area contributed by atoms with Gasteiger partial charge in [0, 0.05) is 23.5 Å². The summed E-state index contributed by atoms with van der Waals surface area (Å²) in [5, 5.41) is 8.13. The molecule has 6 rings (SSSR count). The summed E-state index contributed by atoms with van der Waals surface area (Å²) in [5.74, 6) is 0.704. The molecule has 44 heavy (non-hydrogen) atoms. The van der Waals surface area contributed by atoms with E-state index in [1.807, 2.05) is 43.0 Å². The number of aliphatic imine (C=N–C) groups is 1. The van der Waals surface area contributed by atoms with Crippen LogP contribution in [0.5, 0.6) is 5.75 Å². The van der Waals surface area contributed by atoms with Gasteiger partial charge in [0.2, 0.25) is 0 Å². The first-order valence-corrected chi connectivity index (χ1v) is 15.0. The van der Waals surface area contributed by atoms with Crippen LogP contribution in [0.25, 0.3) is 17.1 Å². The number of carbonyl (C=O) groups excluding carboxylic acids is 1. The molecule has 228 valence electrons. The first-order chi connectivity index (χ1) is 21.0. The third-order valence-corrected chi connectivity index (χ3v) is 8.45. The Morgan fingerprint density at radius 1 is 1.07 bits per heavy atom. The minimum atomic E-state index is -4.76. The highest BCUT2D eigenvalue weighted by atomic mass is 32.2. The van der Waals surface area contributed by atoms with Crippen molar-refractivity contribution in [3.8, 4) is 22.8 Å². The van der Waals surface area contributed by atoms with Crippen LogP contribution in [0.2, 0.25) is 0 Å². The highest BCUT2D eigenvalue weighted by molar-refractivity contribution is 8.14. The second-order valence-electron chi connectivity index (χ2n) is 10.9. The standard InChI is InChI=1S/C31H28F4N6O2S/c1-19(2)25-17-22(32)7-12-26(25)40-15-16-44-29(40)37-28(42)38-30(13-14-30)21-5-3-20(4-6-21)27-36-18-41(39-27)23-8-10-24(11-9-23)43-31(33,34)35/h3-12,17-19H,13-16H2,1-2H3,(H,38,42)/b37-29-. The van der Waals surface area contributed by atoms with E-state index in [0.717, 1.165) is 41.0 Å². The lowest BCUT2D eigenvalue weighted by atomic mass is 10.0. The molecule has 1 N–H and O–H groups in total. The number of hydrogen-bond acceptors (Lipinski definition) is 5. The van der Waals surface area contributed by atoms with Crippen LogP contribution in [0.3, 0.4) is 0 Å². The minimum absolute atomic E-state index is 0.108. The van der Waals surface area contributed by atoms with E-state index < -0.39 is 17.9 Å². The van der Waals surface area contributed by atoms with Gasteiger partial charge in [0.25, 0.3) is 0 Å². The summed E-state index contributed by atoms with van der Waals surface area (Å²) in [4.78, 5) is 23.8. The molecular weight excluding hydrogens is 596 g/mol. The molecule has 1 saturated carbocycles. The van der Waals surface area contributed by atoms with E-state index >= 15 is 0 Å². The van der Waals surface area contributed by atoms with Gasteiger partial charge in [-0.15, -0.1) is 18.3 Å². The van der Waals surface area contributed by atoms with Gasteiger partial charge < -0.3 is 15.0 Å². The molecule has 0 spiro atoms. The van der Waals surface area contributed by atoms with E-state index in [-0.39, 0.29) is 17.5 Å². The van der Waals surface area contributed by atoms with Gasteiger partial charge in [-0.25, -0.2) is 18.9 Å². The van der Waals surface area contributed by atoms with Crippen LogP contribution in [0, 0.1) is 5.82 Å². The molecule has 2 heterocycles. The van der Waals surface area contributed by atoms with Crippen molar-refractivity contribution < 1.29 is 27.1 Å². The zero-order valence-electron chi connectivity index (χ0n) is 23.8. The van der Waals surface area contributed by atoms with Crippen LogP contribution >= 0.6 is 11.8 Å². The molecule has 0 bridgehead atoms. The summed E-state index contributed by atoms with van der Waals surface area (Å²) in [6, 6.07) is 17.2. The number of ether oxygens (including phenoxy) is 1. The average Bonchev–Trinajstić information content (AvgIpc) is 3.35. The predicted octanol–water partition coefficient (Wildman–Crippen LogP) is 7.40.